The van der Waals surface area contributed by atoms with Crippen LogP contribution in [-0.2, 0) is 6.54 Å². The first-order valence-corrected chi connectivity index (χ1v) is 6.56. The summed E-state index contributed by atoms with van der Waals surface area (Å²) in [6, 6.07) is 5.26. The zero-order valence-corrected chi connectivity index (χ0v) is 11.1. The molecule has 1 aromatic carbocycles. The molecule has 1 aliphatic heterocycles. The summed E-state index contributed by atoms with van der Waals surface area (Å²) < 4.78 is 37.6. The lowest BCUT2D eigenvalue weighted by atomic mass is 9.96. The number of piperidine rings is 1. The highest BCUT2D eigenvalue weighted by molar-refractivity contribution is 6.30. The average Bonchev–Trinajstić information content (AvgIpc) is 2.26. The SMILES string of the molecule is Nc1cc(Cl)cc(CN2CCC(C(F)(F)F)CC2)c1. The summed E-state index contributed by atoms with van der Waals surface area (Å²) in [6.45, 7) is 1.50. The number of nitrogen functional groups attached to an aromatic ring is 1. The quantitative estimate of drug-likeness (QED) is 0.842. The highest BCUT2D eigenvalue weighted by Gasteiger charge is 2.40. The van der Waals surface area contributed by atoms with E-state index in [1.807, 2.05) is 11.0 Å². The molecule has 0 unspecified atom stereocenters. The Bertz CT molecular complexity index is 420. The fraction of sp³-hybridized carbons (Fsp3) is 0.538. The normalized spacial score (nSPS) is 18.7. The second-order valence-electron chi connectivity index (χ2n) is 4.98. The molecule has 0 aliphatic carbocycles. The van der Waals surface area contributed by atoms with E-state index in [9.17, 15) is 13.2 Å². The van der Waals surface area contributed by atoms with Gasteiger partial charge in [-0.25, -0.2) is 0 Å². The lowest BCUT2D eigenvalue weighted by Gasteiger charge is -2.32. The molecule has 6 heteroatoms. The molecular weight excluding hydrogens is 277 g/mol. The lowest BCUT2D eigenvalue weighted by Crippen LogP contribution is -2.38. The Hall–Kier alpha value is -0.940. The Morgan fingerprint density at radius 2 is 1.84 bits per heavy atom. The number of alkyl halides is 3. The van der Waals surface area contributed by atoms with Gasteiger partial charge in [0.2, 0.25) is 0 Å². The van der Waals surface area contributed by atoms with Gasteiger partial charge in [0.1, 0.15) is 0 Å². The van der Waals surface area contributed by atoms with Crippen LogP contribution in [0.15, 0.2) is 18.2 Å². The van der Waals surface area contributed by atoms with E-state index in [0.29, 0.717) is 30.3 Å². The largest absolute Gasteiger partial charge is 0.399 e. The third kappa shape index (κ3) is 4.01. The number of benzene rings is 1. The number of rotatable bonds is 2. The van der Waals surface area contributed by atoms with Crippen molar-refractivity contribution in [1.29, 1.82) is 0 Å². The summed E-state index contributed by atoms with van der Waals surface area (Å²) in [4.78, 5) is 2.01. The van der Waals surface area contributed by atoms with Gasteiger partial charge in [-0.3, -0.25) is 4.90 Å². The van der Waals surface area contributed by atoms with E-state index in [4.69, 9.17) is 17.3 Å². The molecule has 1 saturated heterocycles. The molecule has 1 aliphatic rings. The summed E-state index contributed by atoms with van der Waals surface area (Å²) in [6.07, 6.45) is -3.73. The number of nitrogens with two attached hydrogens (primary N) is 1. The average molecular weight is 293 g/mol. The number of likely N-dealkylation sites (tertiary alicyclic amines) is 1. The summed E-state index contributed by atoms with van der Waals surface area (Å²) in [7, 11) is 0. The van der Waals surface area contributed by atoms with Crippen LogP contribution >= 0.6 is 11.6 Å². The van der Waals surface area contributed by atoms with Crippen LogP contribution in [0.4, 0.5) is 18.9 Å². The van der Waals surface area contributed by atoms with Crippen molar-refractivity contribution >= 4 is 17.3 Å². The fourth-order valence-corrected chi connectivity index (χ4v) is 2.71. The third-order valence-corrected chi connectivity index (χ3v) is 3.65. The highest BCUT2D eigenvalue weighted by atomic mass is 35.5. The fourth-order valence-electron chi connectivity index (χ4n) is 2.44. The minimum atomic E-state index is -4.06. The third-order valence-electron chi connectivity index (χ3n) is 3.44. The van der Waals surface area contributed by atoms with Crippen molar-refractivity contribution in [1.82, 2.24) is 4.90 Å². The molecule has 2 rings (SSSR count). The number of hydrogen-bond acceptors (Lipinski definition) is 2. The zero-order chi connectivity index (χ0) is 14.0. The zero-order valence-electron chi connectivity index (χ0n) is 10.4. The van der Waals surface area contributed by atoms with Crippen LogP contribution in [0.3, 0.4) is 0 Å². The van der Waals surface area contributed by atoms with E-state index in [2.05, 4.69) is 0 Å². The first-order valence-electron chi connectivity index (χ1n) is 6.18. The van der Waals surface area contributed by atoms with Gasteiger partial charge >= 0.3 is 6.18 Å². The molecule has 1 heterocycles. The maximum Gasteiger partial charge on any atom is 0.391 e. The van der Waals surface area contributed by atoms with Crippen molar-refractivity contribution in [2.45, 2.75) is 25.6 Å². The lowest BCUT2D eigenvalue weighted by molar-refractivity contribution is -0.185. The van der Waals surface area contributed by atoms with Crippen molar-refractivity contribution < 1.29 is 13.2 Å². The van der Waals surface area contributed by atoms with Crippen molar-refractivity contribution in [2.75, 3.05) is 18.8 Å². The minimum Gasteiger partial charge on any atom is -0.399 e. The van der Waals surface area contributed by atoms with Crippen LogP contribution in [0.25, 0.3) is 0 Å². The Morgan fingerprint density at radius 1 is 1.21 bits per heavy atom. The molecule has 2 nitrogen and oxygen atoms in total. The smallest absolute Gasteiger partial charge is 0.391 e. The van der Waals surface area contributed by atoms with Crippen LogP contribution < -0.4 is 5.73 Å². The summed E-state index contributed by atoms with van der Waals surface area (Å²) in [5.74, 6) is -1.16. The van der Waals surface area contributed by atoms with Gasteiger partial charge in [0.25, 0.3) is 0 Å². The molecule has 0 atom stereocenters. The highest BCUT2D eigenvalue weighted by Crippen LogP contribution is 2.34. The Labute approximate surface area is 115 Å². The summed E-state index contributed by atoms with van der Waals surface area (Å²) >= 11 is 5.90. The van der Waals surface area contributed by atoms with Crippen LogP contribution in [0.5, 0.6) is 0 Å². The standard InChI is InChI=1S/C13H16ClF3N2/c14-11-5-9(6-12(18)7-11)8-19-3-1-10(2-4-19)13(15,16)17/h5-7,10H,1-4,8,18H2. The van der Waals surface area contributed by atoms with E-state index in [1.54, 1.807) is 12.1 Å². The molecule has 19 heavy (non-hydrogen) atoms. The van der Waals surface area contributed by atoms with Gasteiger partial charge in [-0.05, 0) is 49.7 Å². The second kappa shape index (κ2) is 5.59. The molecule has 0 bridgehead atoms. The maximum absolute atomic E-state index is 12.5. The Balaban J connectivity index is 1.92. The molecule has 0 saturated carbocycles. The van der Waals surface area contributed by atoms with Gasteiger partial charge in [0.15, 0.2) is 0 Å². The van der Waals surface area contributed by atoms with Gasteiger partial charge in [-0.15, -0.1) is 0 Å². The van der Waals surface area contributed by atoms with Gasteiger partial charge in [-0.1, -0.05) is 11.6 Å². The Morgan fingerprint density at radius 3 is 2.37 bits per heavy atom. The molecule has 1 aromatic rings. The van der Waals surface area contributed by atoms with Crippen LogP contribution in [0.2, 0.25) is 5.02 Å². The van der Waals surface area contributed by atoms with Crippen molar-refractivity contribution in [3.05, 3.63) is 28.8 Å². The molecule has 0 aromatic heterocycles. The van der Waals surface area contributed by atoms with E-state index in [1.165, 1.54) is 0 Å². The van der Waals surface area contributed by atoms with E-state index in [0.717, 1.165) is 5.56 Å². The maximum atomic E-state index is 12.5. The number of hydrogen-bond donors (Lipinski definition) is 1. The van der Waals surface area contributed by atoms with Crippen LogP contribution in [0.1, 0.15) is 18.4 Å². The predicted octanol–water partition coefficient (Wildman–Crippen LogP) is 3.70. The topological polar surface area (TPSA) is 29.3 Å². The van der Waals surface area contributed by atoms with Gasteiger partial charge in [0, 0.05) is 17.3 Å². The molecule has 0 spiro atoms. The first kappa shape index (κ1) is 14.5. The summed E-state index contributed by atoms with van der Waals surface area (Å²) in [5.41, 5.74) is 7.21. The van der Waals surface area contributed by atoms with Gasteiger partial charge < -0.3 is 5.73 Å². The molecule has 1 fully saturated rings. The van der Waals surface area contributed by atoms with Gasteiger partial charge in [0.05, 0.1) is 5.92 Å². The molecular formula is C13H16ClF3N2. The number of halogens is 4. The van der Waals surface area contributed by atoms with Gasteiger partial charge in [-0.2, -0.15) is 13.2 Å². The van der Waals surface area contributed by atoms with Crippen molar-refractivity contribution in [3.8, 4) is 0 Å². The number of anilines is 1. The second-order valence-corrected chi connectivity index (χ2v) is 5.42. The van der Waals surface area contributed by atoms with E-state index in [-0.39, 0.29) is 12.8 Å². The Kier molecular flexibility index (Phi) is 4.26. The molecule has 0 amide bonds. The van der Waals surface area contributed by atoms with Crippen LogP contribution in [0, 0.1) is 5.92 Å². The van der Waals surface area contributed by atoms with Crippen molar-refractivity contribution in [3.63, 3.8) is 0 Å². The molecule has 2 N–H and O–H groups in total. The molecule has 0 radical (unpaired) electrons. The minimum absolute atomic E-state index is 0.166. The van der Waals surface area contributed by atoms with Crippen LogP contribution in [-0.4, -0.2) is 24.2 Å². The number of nitrogens with zero attached hydrogens (tertiary/aromatic N) is 1. The monoisotopic (exact) mass is 292 g/mol. The van der Waals surface area contributed by atoms with Crippen molar-refractivity contribution in [2.24, 2.45) is 5.92 Å². The van der Waals surface area contributed by atoms with E-state index >= 15 is 0 Å². The summed E-state index contributed by atoms with van der Waals surface area (Å²) in [5, 5.41) is 0.556. The van der Waals surface area contributed by atoms with E-state index < -0.39 is 12.1 Å². The first-order chi connectivity index (χ1) is 8.84. The molecule has 106 valence electrons. The predicted molar refractivity (Wildman–Crippen MR) is 69.9 cm³/mol.